The summed E-state index contributed by atoms with van der Waals surface area (Å²) in [6, 6.07) is 6.11. The predicted molar refractivity (Wildman–Crippen MR) is 63.3 cm³/mol. The highest BCUT2D eigenvalue weighted by Crippen LogP contribution is 2.20. The molecule has 96 valence electrons. The van der Waals surface area contributed by atoms with Crippen LogP contribution in [0.4, 0.5) is 0 Å². The van der Waals surface area contributed by atoms with Crippen molar-refractivity contribution in [2.24, 2.45) is 5.92 Å². The van der Waals surface area contributed by atoms with Gasteiger partial charge in [0.15, 0.2) is 5.78 Å². The summed E-state index contributed by atoms with van der Waals surface area (Å²) in [7, 11) is 2.16. The molecular formula is C12H11ClO5. The molecule has 0 saturated heterocycles. The van der Waals surface area contributed by atoms with Crippen LogP contribution in [0.3, 0.4) is 0 Å². The third-order valence-electron chi connectivity index (χ3n) is 2.28. The molecule has 18 heavy (non-hydrogen) atoms. The highest BCUT2D eigenvalue weighted by Gasteiger charge is 2.37. The third-order valence-corrected chi connectivity index (χ3v) is 2.60. The van der Waals surface area contributed by atoms with Crippen LogP contribution in [-0.4, -0.2) is 31.9 Å². The minimum atomic E-state index is -1.65. The second kappa shape index (κ2) is 6.16. The molecule has 0 N–H and O–H groups in total. The van der Waals surface area contributed by atoms with E-state index >= 15 is 0 Å². The molecule has 0 atom stereocenters. The van der Waals surface area contributed by atoms with Gasteiger partial charge < -0.3 is 9.47 Å². The molecule has 5 nitrogen and oxygen atoms in total. The molecule has 1 aromatic carbocycles. The number of esters is 2. The maximum absolute atomic E-state index is 12.1. The summed E-state index contributed by atoms with van der Waals surface area (Å²) in [5.41, 5.74) is 0.0694. The van der Waals surface area contributed by atoms with Gasteiger partial charge in [-0.2, -0.15) is 0 Å². The molecule has 0 heterocycles. The number of methoxy groups -OCH3 is 2. The van der Waals surface area contributed by atoms with Crippen LogP contribution in [-0.2, 0) is 19.1 Å². The summed E-state index contributed by atoms with van der Waals surface area (Å²) < 4.78 is 8.83. The lowest BCUT2D eigenvalue weighted by atomic mass is 9.97. The lowest BCUT2D eigenvalue weighted by Crippen LogP contribution is -2.34. The Morgan fingerprint density at radius 3 is 2.00 bits per heavy atom. The quantitative estimate of drug-likeness (QED) is 0.471. The van der Waals surface area contributed by atoms with Gasteiger partial charge in [0.2, 0.25) is 5.92 Å². The van der Waals surface area contributed by atoms with E-state index in [4.69, 9.17) is 11.6 Å². The number of hydrogen-bond donors (Lipinski definition) is 0. The maximum atomic E-state index is 12.1. The van der Waals surface area contributed by atoms with Crippen LogP contribution >= 0.6 is 11.6 Å². The standard InChI is InChI=1S/C12H11ClO5/c1-17-11(15)9(12(16)18-2)10(14)7-5-3-4-6-8(7)13/h3-6,9H,1-2H3. The third kappa shape index (κ3) is 2.87. The molecule has 0 amide bonds. The lowest BCUT2D eigenvalue weighted by Gasteiger charge is -2.12. The Morgan fingerprint density at radius 2 is 1.56 bits per heavy atom. The molecular weight excluding hydrogens is 260 g/mol. The molecule has 0 aliphatic heterocycles. The summed E-state index contributed by atoms with van der Waals surface area (Å²) in [6.45, 7) is 0. The van der Waals surface area contributed by atoms with Crippen molar-refractivity contribution in [3.63, 3.8) is 0 Å². The Hall–Kier alpha value is -1.88. The Labute approximate surface area is 109 Å². The van der Waals surface area contributed by atoms with Crippen LogP contribution < -0.4 is 0 Å². The van der Waals surface area contributed by atoms with Gasteiger partial charge in [-0.15, -0.1) is 0 Å². The van der Waals surface area contributed by atoms with Gasteiger partial charge in [0.05, 0.1) is 19.2 Å². The summed E-state index contributed by atoms with van der Waals surface area (Å²) in [5, 5.41) is 0.153. The zero-order valence-corrected chi connectivity index (χ0v) is 10.6. The van der Waals surface area contributed by atoms with E-state index in [-0.39, 0.29) is 10.6 Å². The van der Waals surface area contributed by atoms with Gasteiger partial charge in [0.1, 0.15) is 0 Å². The minimum absolute atomic E-state index is 0.0694. The van der Waals surface area contributed by atoms with Crippen molar-refractivity contribution >= 4 is 29.3 Å². The molecule has 0 aromatic heterocycles. The Balaban J connectivity index is 3.15. The normalized spacial score (nSPS) is 10.0. The molecule has 6 heteroatoms. The number of hydrogen-bond acceptors (Lipinski definition) is 5. The number of benzene rings is 1. The van der Waals surface area contributed by atoms with E-state index in [0.29, 0.717) is 0 Å². The molecule has 0 saturated carbocycles. The summed E-state index contributed by atoms with van der Waals surface area (Å²) in [5.74, 6) is -4.36. The zero-order chi connectivity index (χ0) is 13.7. The predicted octanol–water partition coefficient (Wildman–Crippen LogP) is 1.48. The van der Waals surface area contributed by atoms with E-state index in [2.05, 4.69) is 9.47 Å². The maximum Gasteiger partial charge on any atom is 0.328 e. The first kappa shape index (κ1) is 14.2. The monoisotopic (exact) mass is 270 g/mol. The van der Waals surface area contributed by atoms with Crippen molar-refractivity contribution in [3.05, 3.63) is 34.9 Å². The fourth-order valence-corrected chi connectivity index (χ4v) is 1.59. The van der Waals surface area contributed by atoms with Crippen LogP contribution in [0.5, 0.6) is 0 Å². The Kier molecular flexibility index (Phi) is 4.85. The van der Waals surface area contributed by atoms with Crippen molar-refractivity contribution in [2.45, 2.75) is 0 Å². The average Bonchev–Trinajstić information content (AvgIpc) is 2.38. The first-order valence-corrected chi connectivity index (χ1v) is 5.35. The lowest BCUT2D eigenvalue weighted by molar-refractivity contribution is -0.155. The van der Waals surface area contributed by atoms with Crippen molar-refractivity contribution in [3.8, 4) is 0 Å². The van der Waals surface area contributed by atoms with E-state index in [9.17, 15) is 14.4 Å². The van der Waals surface area contributed by atoms with E-state index < -0.39 is 23.6 Å². The number of carbonyl (C=O) groups excluding carboxylic acids is 3. The first-order valence-electron chi connectivity index (χ1n) is 4.97. The molecule has 1 rings (SSSR count). The fraction of sp³-hybridized carbons (Fsp3) is 0.250. The molecule has 1 aromatic rings. The van der Waals surface area contributed by atoms with Crippen molar-refractivity contribution < 1.29 is 23.9 Å². The largest absolute Gasteiger partial charge is 0.468 e. The molecule has 0 aliphatic carbocycles. The van der Waals surface area contributed by atoms with Gasteiger partial charge >= 0.3 is 11.9 Å². The second-order valence-corrected chi connectivity index (χ2v) is 3.73. The van der Waals surface area contributed by atoms with Gasteiger partial charge in [-0.25, -0.2) is 0 Å². The van der Waals surface area contributed by atoms with Crippen LogP contribution in [0.1, 0.15) is 10.4 Å². The molecule has 0 spiro atoms. The van der Waals surface area contributed by atoms with Crippen molar-refractivity contribution in [2.75, 3.05) is 14.2 Å². The van der Waals surface area contributed by atoms with Gasteiger partial charge in [0.25, 0.3) is 0 Å². The van der Waals surface area contributed by atoms with E-state index in [1.807, 2.05) is 0 Å². The topological polar surface area (TPSA) is 69.7 Å². The van der Waals surface area contributed by atoms with Crippen LogP contribution in [0.25, 0.3) is 0 Å². The summed E-state index contributed by atoms with van der Waals surface area (Å²) in [6.07, 6.45) is 0. The molecule has 0 bridgehead atoms. The molecule has 0 fully saturated rings. The molecule has 0 radical (unpaired) electrons. The fourth-order valence-electron chi connectivity index (χ4n) is 1.36. The highest BCUT2D eigenvalue weighted by molar-refractivity contribution is 6.35. The minimum Gasteiger partial charge on any atom is -0.468 e. The van der Waals surface area contributed by atoms with Crippen molar-refractivity contribution in [1.82, 2.24) is 0 Å². The number of ether oxygens (including phenoxy) is 2. The van der Waals surface area contributed by atoms with Crippen molar-refractivity contribution in [1.29, 1.82) is 0 Å². The second-order valence-electron chi connectivity index (χ2n) is 3.32. The zero-order valence-electron chi connectivity index (χ0n) is 9.81. The number of carbonyl (C=O) groups is 3. The number of ketones is 1. The molecule has 0 unspecified atom stereocenters. The molecule has 0 aliphatic rings. The van der Waals surface area contributed by atoms with E-state index in [1.54, 1.807) is 12.1 Å². The van der Waals surface area contributed by atoms with Crippen LogP contribution in [0, 0.1) is 5.92 Å². The van der Waals surface area contributed by atoms with Crippen LogP contribution in [0.15, 0.2) is 24.3 Å². The number of halogens is 1. The van der Waals surface area contributed by atoms with Gasteiger partial charge in [-0.3, -0.25) is 14.4 Å². The van der Waals surface area contributed by atoms with Crippen LogP contribution in [0.2, 0.25) is 5.02 Å². The van der Waals surface area contributed by atoms with E-state index in [1.165, 1.54) is 12.1 Å². The smallest absolute Gasteiger partial charge is 0.328 e. The van der Waals surface area contributed by atoms with Gasteiger partial charge in [-0.1, -0.05) is 23.7 Å². The number of Topliss-reactive ketones (excluding diaryl/α,β-unsaturated/α-hetero) is 1. The number of rotatable bonds is 4. The highest BCUT2D eigenvalue weighted by atomic mass is 35.5. The first-order chi connectivity index (χ1) is 8.52. The van der Waals surface area contributed by atoms with E-state index in [0.717, 1.165) is 14.2 Å². The van der Waals surface area contributed by atoms with Gasteiger partial charge in [0, 0.05) is 5.56 Å². The average molecular weight is 271 g/mol. The summed E-state index contributed by atoms with van der Waals surface area (Å²) in [4.78, 5) is 35.0. The SMILES string of the molecule is COC(=O)C(C(=O)OC)C(=O)c1ccccc1Cl. The Bertz CT molecular complexity index is 467. The van der Waals surface area contributed by atoms with Gasteiger partial charge in [-0.05, 0) is 12.1 Å². The Morgan fingerprint density at radius 1 is 1.06 bits per heavy atom. The summed E-state index contributed by atoms with van der Waals surface area (Å²) >= 11 is 5.83.